The second-order valence-electron chi connectivity index (χ2n) is 6.44. The predicted molar refractivity (Wildman–Crippen MR) is 122 cm³/mol. The van der Waals surface area contributed by atoms with Gasteiger partial charge in [0.1, 0.15) is 23.0 Å². The molecule has 0 aliphatic carbocycles. The lowest BCUT2D eigenvalue weighted by atomic mass is 10.1. The molecular weight excluding hydrogens is 436 g/mol. The van der Waals surface area contributed by atoms with E-state index >= 15 is 0 Å². The van der Waals surface area contributed by atoms with Crippen molar-refractivity contribution in [3.8, 4) is 17.0 Å². The molecule has 0 fully saturated rings. The maximum atomic E-state index is 5.93. The Morgan fingerprint density at radius 1 is 1.06 bits per heavy atom. The van der Waals surface area contributed by atoms with Gasteiger partial charge in [0.25, 0.3) is 0 Å². The van der Waals surface area contributed by atoms with Gasteiger partial charge in [-0.05, 0) is 24.3 Å². The normalized spacial score (nSPS) is 10.8. The van der Waals surface area contributed by atoms with Crippen molar-refractivity contribution in [2.45, 2.75) is 11.5 Å². The van der Waals surface area contributed by atoms with Crippen molar-refractivity contribution in [3.05, 3.63) is 71.2 Å². The number of nitrogens with two attached hydrogens (primary N) is 1. The summed E-state index contributed by atoms with van der Waals surface area (Å²) in [5.41, 5.74) is 8.32. The number of aromatic nitrogens is 4. The average Bonchev–Trinajstić information content (AvgIpc) is 3.23. The van der Waals surface area contributed by atoms with Crippen molar-refractivity contribution in [2.24, 2.45) is 0 Å². The van der Waals surface area contributed by atoms with Gasteiger partial charge in [-0.3, -0.25) is 0 Å². The number of para-hydroxylation sites is 2. The first-order valence-electron chi connectivity index (χ1n) is 9.30. The first-order valence-corrected chi connectivity index (χ1v) is 10.8. The molecule has 0 atom stereocenters. The number of benzene rings is 2. The average molecular weight is 455 g/mol. The van der Waals surface area contributed by atoms with E-state index in [0.717, 1.165) is 22.7 Å². The Bertz CT molecular complexity index is 1170. The molecule has 158 valence electrons. The zero-order chi connectivity index (χ0) is 21.6. The zero-order valence-corrected chi connectivity index (χ0v) is 18.2. The minimum atomic E-state index is 0.146. The maximum Gasteiger partial charge on any atom is 0.232 e. The SMILES string of the molecule is COc1ccccc1Nc1nc(N)nc(CSCc2cc(-c3ccc(Cl)cc3)no2)n1. The summed E-state index contributed by atoms with van der Waals surface area (Å²) in [6, 6.07) is 16.9. The number of hydrogen-bond donors (Lipinski definition) is 2. The van der Waals surface area contributed by atoms with Crippen LogP contribution in [0.5, 0.6) is 5.75 Å². The number of methoxy groups -OCH3 is 1. The summed E-state index contributed by atoms with van der Waals surface area (Å²) in [7, 11) is 1.60. The highest BCUT2D eigenvalue weighted by atomic mass is 35.5. The molecule has 10 heteroatoms. The number of hydrogen-bond acceptors (Lipinski definition) is 9. The molecule has 31 heavy (non-hydrogen) atoms. The van der Waals surface area contributed by atoms with Gasteiger partial charge < -0.3 is 20.3 Å². The van der Waals surface area contributed by atoms with Crippen molar-refractivity contribution in [2.75, 3.05) is 18.2 Å². The molecule has 4 aromatic rings. The van der Waals surface area contributed by atoms with E-state index in [1.807, 2.05) is 54.6 Å². The molecular formula is C21H19ClN6O2S. The molecule has 3 N–H and O–H groups in total. The Hall–Kier alpha value is -3.30. The fraction of sp³-hybridized carbons (Fsp3) is 0.143. The van der Waals surface area contributed by atoms with Gasteiger partial charge in [-0.15, -0.1) is 11.8 Å². The summed E-state index contributed by atoms with van der Waals surface area (Å²) >= 11 is 7.52. The van der Waals surface area contributed by atoms with Crippen LogP contribution in [0.3, 0.4) is 0 Å². The first-order chi connectivity index (χ1) is 15.1. The van der Waals surface area contributed by atoms with E-state index in [9.17, 15) is 0 Å². The Labute approximate surface area is 188 Å². The number of nitrogens with one attached hydrogen (secondary N) is 1. The molecule has 0 unspecified atom stereocenters. The van der Waals surface area contributed by atoms with E-state index in [2.05, 4.69) is 25.4 Å². The van der Waals surface area contributed by atoms with Crippen LogP contribution < -0.4 is 15.8 Å². The summed E-state index contributed by atoms with van der Waals surface area (Å²) in [5, 5.41) is 7.92. The molecule has 0 radical (unpaired) electrons. The van der Waals surface area contributed by atoms with Crippen LogP contribution in [0, 0.1) is 0 Å². The van der Waals surface area contributed by atoms with Gasteiger partial charge >= 0.3 is 0 Å². The summed E-state index contributed by atoms with van der Waals surface area (Å²) in [4.78, 5) is 12.8. The van der Waals surface area contributed by atoms with Crippen molar-refractivity contribution in [1.29, 1.82) is 0 Å². The lowest BCUT2D eigenvalue weighted by Gasteiger charge is -2.10. The van der Waals surface area contributed by atoms with Crippen LogP contribution >= 0.6 is 23.4 Å². The van der Waals surface area contributed by atoms with Crippen molar-refractivity contribution >= 4 is 40.9 Å². The standard InChI is InChI=1S/C21H19ClN6O2S/c1-29-18-5-3-2-4-16(18)24-21-26-19(25-20(23)27-21)12-31-11-15-10-17(28-30-15)13-6-8-14(22)9-7-13/h2-10H,11-12H2,1H3,(H3,23,24,25,26,27). The van der Waals surface area contributed by atoms with E-state index in [-0.39, 0.29) is 5.95 Å². The highest BCUT2D eigenvalue weighted by Crippen LogP contribution is 2.27. The fourth-order valence-electron chi connectivity index (χ4n) is 2.81. The Balaban J connectivity index is 1.38. The van der Waals surface area contributed by atoms with Gasteiger partial charge in [-0.2, -0.15) is 15.0 Å². The van der Waals surface area contributed by atoms with Gasteiger partial charge in [0.2, 0.25) is 11.9 Å². The fourth-order valence-corrected chi connectivity index (χ4v) is 3.68. The largest absolute Gasteiger partial charge is 0.495 e. The highest BCUT2D eigenvalue weighted by molar-refractivity contribution is 7.97. The maximum absolute atomic E-state index is 5.93. The number of nitrogen functional groups attached to an aromatic ring is 1. The summed E-state index contributed by atoms with van der Waals surface area (Å²) in [6.45, 7) is 0. The number of anilines is 3. The van der Waals surface area contributed by atoms with Crippen LogP contribution in [-0.4, -0.2) is 27.2 Å². The predicted octanol–water partition coefficient (Wildman–Crippen LogP) is 4.95. The quantitative estimate of drug-likeness (QED) is 0.381. The lowest BCUT2D eigenvalue weighted by molar-refractivity contribution is 0.397. The molecule has 0 aliphatic rings. The van der Waals surface area contributed by atoms with Crippen molar-refractivity contribution < 1.29 is 9.26 Å². The Morgan fingerprint density at radius 3 is 2.68 bits per heavy atom. The molecule has 0 amide bonds. The lowest BCUT2D eigenvalue weighted by Crippen LogP contribution is -2.07. The summed E-state index contributed by atoms with van der Waals surface area (Å²) in [6.07, 6.45) is 0. The molecule has 8 nitrogen and oxygen atoms in total. The Morgan fingerprint density at radius 2 is 1.87 bits per heavy atom. The van der Waals surface area contributed by atoms with Crippen LogP contribution in [0.1, 0.15) is 11.6 Å². The number of ether oxygens (including phenoxy) is 1. The minimum absolute atomic E-state index is 0.146. The highest BCUT2D eigenvalue weighted by Gasteiger charge is 2.10. The van der Waals surface area contributed by atoms with Crippen molar-refractivity contribution in [3.63, 3.8) is 0 Å². The molecule has 0 aliphatic heterocycles. The molecule has 2 aromatic heterocycles. The summed E-state index contributed by atoms with van der Waals surface area (Å²) < 4.78 is 10.8. The third-order valence-electron chi connectivity index (χ3n) is 4.23. The summed E-state index contributed by atoms with van der Waals surface area (Å²) in [5.74, 6) is 3.65. The van der Waals surface area contributed by atoms with E-state index in [4.69, 9.17) is 26.6 Å². The van der Waals surface area contributed by atoms with Gasteiger partial charge in [-0.1, -0.05) is 41.0 Å². The number of thioether (sulfide) groups is 1. The third kappa shape index (κ3) is 5.44. The number of rotatable bonds is 8. The molecule has 0 bridgehead atoms. The monoisotopic (exact) mass is 454 g/mol. The molecule has 2 heterocycles. The molecule has 0 saturated heterocycles. The molecule has 2 aromatic carbocycles. The van der Waals surface area contributed by atoms with Crippen molar-refractivity contribution in [1.82, 2.24) is 20.1 Å². The second-order valence-corrected chi connectivity index (χ2v) is 7.86. The molecule has 0 saturated carbocycles. The third-order valence-corrected chi connectivity index (χ3v) is 5.43. The van der Waals surface area contributed by atoms with Crippen LogP contribution in [-0.2, 0) is 11.5 Å². The zero-order valence-electron chi connectivity index (χ0n) is 16.6. The first kappa shape index (κ1) is 21.0. The van der Waals surface area contributed by atoms with Crippen LogP contribution in [0.4, 0.5) is 17.6 Å². The minimum Gasteiger partial charge on any atom is -0.495 e. The smallest absolute Gasteiger partial charge is 0.232 e. The van der Waals surface area contributed by atoms with Crippen LogP contribution in [0.2, 0.25) is 5.02 Å². The molecule has 0 spiro atoms. The van der Waals surface area contributed by atoms with E-state index in [1.54, 1.807) is 18.9 Å². The number of halogens is 1. The van der Waals surface area contributed by atoms with E-state index in [1.165, 1.54) is 0 Å². The van der Waals surface area contributed by atoms with E-state index in [0.29, 0.717) is 34.1 Å². The number of nitrogens with zero attached hydrogens (tertiary/aromatic N) is 4. The topological polar surface area (TPSA) is 112 Å². The van der Waals surface area contributed by atoms with Gasteiger partial charge in [0.15, 0.2) is 0 Å². The molecule has 4 rings (SSSR count). The van der Waals surface area contributed by atoms with Crippen LogP contribution in [0.25, 0.3) is 11.3 Å². The van der Waals surface area contributed by atoms with Gasteiger partial charge in [-0.25, -0.2) is 0 Å². The van der Waals surface area contributed by atoms with Gasteiger partial charge in [0, 0.05) is 16.7 Å². The van der Waals surface area contributed by atoms with E-state index < -0.39 is 0 Å². The van der Waals surface area contributed by atoms with Crippen LogP contribution in [0.15, 0.2) is 59.1 Å². The van der Waals surface area contributed by atoms with Gasteiger partial charge in [0.05, 0.1) is 24.3 Å². The Kier molecular flexibility index (Phi) is 6.54. The second kappa shape index (κ2) is 9.67.